The maximum atomic E-state index is 6.23. The zero-order valence-corrected chi connectivity index (χ0v) is 14.0. The summed E-state index contributed by atoms with van der Waals surface area (Å²) in [6.07, 6.45) is 8.87. The molecule has 1 fully saturated rings. The summed E-state index contributed by atoms with van der Waals surface area (Å²) in [5, 5.41) is 0. The molecule has 4 heteroatoms. The van der Waals surface area contributed by atoms with Gasteiger partial charge in [-0.2, -0.15) is 0 Å². The van der Waals surface area contributed by atoms with Gasteiger partial charge in [-0.3, -0.25) is 0 Å². The third-order valence-electron chi connectivity index (χ3n) is 5.03. The second kappa shape index (κ2) is 5.93. The fraction of sp³-hybridized carbons (Fsp3) is 0.471. The molecule has 0 bridgehead atoms. The first-order chi connectivity index (χ1) is 10.2. The van der Waals surface area contributed by atoms with Crippen LogP contribution < -0.4 is 5.73 Å². The van der Waals surface area contributed by atoms with Crippen molar-refractivity contribution in [2.75, 3.05) is 6.54 Å². The van der Waals surface area contributed by atoms with Crippen molar-refractivity contribution in [3.05, 3.63) is 41.3 Å². The molecule has 1 aromatic carbocycles. The van der Waals surface area contributed by atoms with Crippen molar-refractivity contribution in [3.63, 3.8) is 0 Å². The molecule has 0 saturated heterocycles. The third-order valence-corrected chi connectivity index (χ3v) is 5.55. The van der Waals surface area contributed by atoms with E-state index in [2.05, 4.69) is 56.7 Å². The average Bonchev–Trinajstić information content (AvgIpc) is 2.99. The van der Waals surface area contributed by atoms with Gasteiger partial charge in [0.2, 0.25) is 0 Å². The summed E-state index contributed by atoms with van der Waals surface area (Å²) in [5.41, 5.74) is 8.61. The van der Waals surface area contributed by atoms with Gasteiger partial charge >= 0.3 is 0 Å². The van der Waals surface area contributed by atoms with Crippen molar-refractivity contribution in [3.8, 4) is 11.3 Å². The highest BCUT2D eigenvalue weighted by Gasteiger charge is 2.39. The van der Waals surface area contributed by atoms with Crippen LogP contribution in [-0.4, -0.2) is 16.1 Å². The fourth-order valence-corrected chi connectivity index (χ4v) is 3.90. The number of rotatable bonds is 3. The molecule has 0 aliphatic heterocycles. The van der Waals surface area contributed by atoms with E-state index in [0.29, 0.717) is 12.5 Å². The monoisotopic (exact) mass is 347 g/mol. The van der Waals surface area contributed by atoms with E-state index < -0.39 is 0 Å². The van der Waals surface area contributed by atoms with Crippen LogP contribution in [0, 0.1) is 5.92 Å². The molecular weight excluding hydrogens is 326 g/mol. The van der Waals surface area contributed by atoms with Gasteiger partial charge in [0.25, 0.3) is 0 Å². The van der Waals surface area contributed by atoms with Gasteiger partial charge < -0.3 is 10.3 Å². The highest BCUT2D eigenvalue weighted by molar-refractivity contribution is 9.10. The van der Waals surface area contributed by atoms with Crippen LogP contribution in [0.3, 0.4) is 0 Å². The van der Waals surface area contributed by atoms with E-state index in [0.717, 1.165) is 10.9 Å². The van der Waals surface area contributed by atoms with Crippen molar-refractivity contribution < 1.29 is 0 Å². The van der Waals surface area contributed by atoms with Crippen molar-refractivity contribution in [1.82, 2.24) is 9.55 Å². The first-order valence-corrected chi connectivity index (χ1v) is 8.45. The maximum absolute atomic E-state index is 6.23. The molecule has 1 aromatic heterocycles. The topological polar surface area (TPSA) is 43.8 Å². The van der Waals surface area contributed by atoms with E-state index in [9.17, 15) is 0 Å². The van der Waals surface area contributed by atoms with Gasteiger partial charge in [-0.15, -0.1) is 0 Å². The summed E-state index contributed by atoms with van der Waals surface area (Å²) < 4.78 is 3.43. The SMILES string of the molecule is CC1CCCCC1(CN)n1cncc1-c1ccc(Br)cc1. The highest BCUT2D eigenvalue weighted by atomic mass is 79.9. The smallest absolute Gasteiger partial charge is 0.0956 e. The number of halogens is 1. The lowest BCUT2D eigenvalue weighted by Gasteiger charge is -2.44. The molecule has 2 atom stereocenters. The van der Waals surface area contributed by atoms with Crippen LogP contribution in [0.1, 0.15) is 32.6 Å². The first kappa shape index (κ1) is 14.8. The molecule has 1 saturated carbocycles. The van der Waals surface area contributed by atoms with Crippen molar-refractivity contribution in [2.24, 2.45) is 11.7 Å². The van der Waals surface area contributed by atoms with E-state index >= 15 is 0 Å². The number of aromatic nitrogens is 2. The zero-order valence-electron chi connectivity index (χ0n) is 12.4. The lowest BCUT2D eigenvalue weighted by atomic mass is 9.73. The lowest BCUT2D eigenvalue weighted by Crippen LogP contribution is -2.48. The lowest BCUT2D eigenvalue weighted by molar-refractivity contribution is 0.127. The minimum atomic E-state index is 0.0111. The van der Waals surface area contributed by atoms with Gasteiger partial charge in [-0.05, 0) is 36.5 Å². The van der Waals surface area contributed by atoms with Gasteiger partial charge in [-0.25, -0.2) is 4.98 Å². The Morgan fingerprint density at radius 3 is 2.76 bits per heavy atom. The van der Waals surface area contributed by atoms with E-state index in [4.69, 9.17) is 5.73 Å². The van der Waals surface area contributed by atoms with E-state index in [-0.39, 0.29) is 5.54 Å². The summed E-state index contributed by atoms with van der Waals surface area (Å²) in [4.78, 5) is 4.42. The molecule has 1 heterocycles. The Kier molecular flexibility index (Phi) is 4.18. The van der Waals surface area contributed by atoms with Crippen LogP contribution >= 0.6 is 15.9 Å². The van der Waals surface area contributed by atoms with Gasteiger partial charge in [0.15, 0.2) is 0 Å². The normalized spacial score (nSPS) is 26.0. The van der Waals surface area contributed by atoms with Crippen molar-refractivity contribution in [1.29, 1.82) is 0 Å². The Bertz CT molecular complexity index is 605. The van der Waals surface area contributed by atoms with Gasteiger partial charge in [-0.1, -0.05) is 47.8 Å². The number of nitrogens with zero attached hydrogens (tertiary/aromatic N) is 2. The quantitative estimate of drug-likeness (QED) is 0.904. The summed E-state index contributed by atoms with van der Waals surface area (Å²) in [6.45, 7) is 3.01. The van der Waals surface area contributed by atoms with E-state index in [1.54, 1.807) is 0 Å². The number of benzene rings is 1. The highest BCUT2D eigenvalue weighted by Crippen LogP contribution is 2.41. The summed E-state index contributed by atoms with van der Waals surface area (Å²) in [7, 11) is 0. The van der Waals surface area contributed by atoms with E-state index in [1.807, 2.05) is 12.5 Å². The molecule has 21 heavy (non-hydrogen) atoms. The number of hydrogen-bond donors (Lipinski definition) is 1. The van der Waals surface area contributed by atoms with Crippen LogP contribution in [0.15, 0.2) is 41.3 Å². The van der Waals surface area contributed by atoms with Gasteiger partial charge in [0.05, 0.1) is 23.8 Å². The first-order valence-electron chi connectivity index (χ1n) is 7.66. The fourth-order valence-electron chi connectivity index (χ4n) is 3.64. The molecular formula is C17H22BrN3. The van der Waals surface area contributed by atoms with Crippen LogP contribution in [0.25, 0.3) is 11.3 Å². The van der Waals surface area contributed by atoms with Crippen LogP contribution in [0.5, 0.6) is 0 Å². The number of hydrogen-bond acceptors (Lipinski definition) is 2. The van der Waals surface area contributed by atoms with Gasteiger partial charge in [0, 0.05) is 11.0 Å². The van der Waals surface area contributed by atoms with Crippen LogP contribution in [-0.2, 0) is 5.54 Å². The Hall–Kier alpha value is -1.13. The number of imidazole rings is 1. The van der Waals surface area contributed by atoms with Crippen LogP contribution in [0.2, 0.25) is 0 Å². The third kappa shape index (κ3) is 2.55. The standard InChI is InChI=1S/C17H22BrN3/c1-13-4-2-3-9-17(13,11-19)21-12-20-10-16(21)14-5-7-15(18)8-6-14/h5-8,10,12-13H,2-4,9,11,19H2,1H3. The second-order valence-electron chi connectivity index (χ2n) is 6.11. The predicted octanol–water partition coefficient (Wildman–Crippen LogP) is 4.18. The molecule has 3 rings (SSSR count). The number of nitrogens with two attached hydrogens (primary N) is 1. The Labute approximate surface area is 134 Å². The molecule has 2 aromatic rings. The Morgan fingerprint density at radius 1 is 1.33 bits per heavy atom. The molecule has 0 radical (unpaired) electrons. The molecule has 3 nitrogen and oxygen atoms in total. The minimum Gasteiger partial charge on any atom is -0.328 e. The maximum Gasteiger partial charge on any atom is 0.0956 e. The minimum absolute atomic E-state index is 0.0111. The van der Waals surface area contributed by atoms with Gasteiger partial charge in [0.1, 0.15) is 0 Å². The van der Waals surface area contributed by atoms with E-state index in [1.165, 1.54) is 30.5 Å². The zero-order chi connectivity index (χ0) is 14.9. The molecule has 2 N–H and O–H groups in total. The largest absolute Gasteiger partial charge is 0.328 e. The molecule has 1 aliphatic rings. The Morgan fingerprint density at radius 2 is 2.10 bits per heavy atom. The van der Waals surface area contributed by atoms with Crippen molar-refractivity contribution in [2.45, 2.75) is 38.1 Å². The summed E-state index contributed by atoms with van der Waals surface area (Å²) in [6, 6.07) is 8.42. The molecule has 2 unspecified atom stereocenters. The summed E-state index contributed by atoms with van der Waals surface area (Å²) >= 11 is 3.50. The molecule has 0 amide bonds. The second-order valence-corrected chi connectivity index (χ2v) is 7.03. The van der Waals surface area contributed by atoms with Crippen LogP contribution in [0.4, 0.5) is 0 Å². The molecule has 1 aliphatic carbocycles. The molecule has 112 valence electrons. The molecule has 0 spiro atoms. The Balaban J connectivity index is 2.06. The predicted molar refractivity (Wildman–Crippen MR) is 90.0 cm³/mol. The average molecular weight is 348 g/mol. The van der Waals surface area contributed by atoms with Crippen molar-refractivity contribution >= 4 is 15.9 Å². The summed E-state index contributed by atoms with van der Waals surface area (Å²) in [5.74, 6) is 0.583.